The first-order valence-corrected chi connectivity index (χ1v) is 7.00. The second kappa shape index (κ2) is 6.58. The Hall–Kier alpha value is -2.08. The standard InChI is InChI=1S/C15H20N2O4/c1-10-6-7-17(13(10)9-18)15(21)16-12-4-2-11(3-5-12)8-14(19)20/h2-5,10,13,18H,6-9H2,1H3,(H,16,21)(H,19,20). The van der Waals surface area contributed by atoms with E-state index in [0.29, 0.717) is 23.7 Å². The number of aliphatic hydroxyl groups is 1. The van der Waals surface area contributed by atoms with Gasteiger partial charge in [0.15, 0.2) is 0 Å². The zero-order valence-electron chi connectivity index (χ0n) is 12.0. The van der Waals surface area contributed by atoms with Crippen molar-refractivity contribution in [2.24, 2.45) is 5.92 Å². The Morgan fingerprint density at radius 3 is 2.57 bits per heavy atom. The number of rotatable bonds is 4. The van der Waals surface area contributed by atoms with Crippen molar-refractivity contribution in [1.29, 1.82) is 0 Å². The van der Waals surface area contributed by atoms with Crippen LogP contribution in [0, 0.1) is 5.92 Å². The number of urea groups is 1. The fraction of sp³-hybridized carbons (Fsp3) is 0.467. The van der Waals surface area contributed by atoms with E-state index in [0.717, 1.165) is 6.42 Å². The smallest absolute Gasteiger partial charge is 0.322 e. The summed E-state index contributed by atoms with van der Waals surface area (Å²) in [5.74, 6) is -0.595. The first kappa shape index (κ1) is 15.3. The van der Waals surface area contributed by atoms with Gasteiger partial charge in [-0.3, -0.25) is 4.79 Å². The summed E-state index contributed by atoms with van der Waals surface area (Å²) in [5.41, 5.74) is 1.30. The number of nitrogens with zero attached hydrogens (tertiary/aromatic N) is 1. The Morgan fingerprint density at radius 2 is 2.00 bits per heavy atom. The second-order valence-electron chi connectivity index (χ2n) is 5.41. The van der Waals surface area contributed by atoms with Gasteiger partial charge >= 0.3 is 12.0 Å². The monoisotopic (exact) mass is 292 g/mol. The molecule has 1 aliphatic rings. The van der Waals surface area contributed by atoms with Crippen LogP contribution in [0.3, 0.4) is 0 Å². The van der Waals surface area contributed by atoms with Gasteiger partial charge in [-0.2, -0.15) is 0 Å². The molecule has 2 amide bonds. The van der Waals surface area contributed by atoms with Crippen molar-refractivity contribution >= 4 is 17.7 Å². The minimum atomic E-state index is -0.886. The van der Waals surface area contributed by atoms with Crippen molar-refractivity contribution < 1.29 is 19.8 Å². The van der Waals surface area contributed by atoms with E-state index in [1.54, 1.807) is 29.2 Å². The third-order valence-electron chi connectivity index (χ3n) is 3.89. The maximum absolute atomic E-state index is 12.2. The highest BCUT2D eigenvalue weighted by molar-refractivity contribution is 5.89. The summed E-state index contributed by atoms with van der Waals surface area (Å²) in [6, 6.07) is 6.35. The second-order valence-corrected chi connectivity index (χ2v) is 5.41. The molecule has 2 unspecified atom stereocenters. The minimum absolute atomic E-state index is 0.0356. The number of hydrogen-bond acceptors (Lipinski definition) is 3. The van der Waals surface area contributed by atoms with Gasteiger partial charge < -0.3 is 20.4 Å². The maximum Gasteiger partial charge on any atom is 0.322 e. The summed E-state index contributed by atoms with van der Waals surface area (Å²) in [7, 11) is 0. The van der Waals surface area contributed by atoms with Crippen LogP contribution < -0.4 is 5.32 Å². The normalized spacial score (nSPS) is 21.3. The molecule has 0 radical (unpaired) electrons. The predicted octanol–water partition coefficient (Wildman–Crippen LogP) is 1.55. The lowest BCUT2D eigenvalue weighted by molar-refractivity contribution is -0.136. The van der Waals surface area contributed by atoms with Crippen molar-refractivity contribution in [3.8, 4) is 0 Å². The predicted molar refractivity (Wildman–Crippen MR) is 78.2 cm³/mol. The number of carbonyl (C=O) groups excluding carboxylic acids is 1. The Balaban J connectivity index is 1.98. The maximum atomic E-state index is 12.2. The number of carbonyl (C=O) groups is 2. The molecule has 0 spiro atoms. The number of aliphatic hydroxyl groups excluding tert-OH is 1. The average molecular weight is 292 g/mol. The number of likely N-dealkylation sites (tertiary alicyclic amines) is 1. The van der Waals surface area contributed by atoms with E-state index in [-0.39, 0.29) is 25.1 Å². The van der Waals surface area contributed by atoms with E-state index in [9.17, 15) is 14.7 Å². The van der Waals surface area contributed by atoms with E-state index in [2.05, 4.69) is 5.32 Å². The fourth-order valence-corrected chi connectivity index (χ4v) is 2.61. The fourth-order valence-electron chi connectivity index (χ4n) is 2.61. The van der Waals surface area contributed by atoms with E-state index in [1.165, 1.54) is 0 Å². The topological polar surface area (TPSA) is 89.9 Å². The van der Waals surface area contributed by atoms with Crippen LogP contribution in [0.15, 0.2) is 24.3 Å². The van der Waals surface area contributed by atoms with Crippen LogP contribution in [0.1, 0.15) is 18.9 Å². The quantitative estimate of drug-likeness (QED) is 0.785. The van der Waals surface area contributed by atoms with E-state index in [1.807, 2.05) is 6.92 Å². The summed E-state index contributed by atoms with van der Waals surface area (Å²) in [6.45, 7) is 2.62. The summed E-state index contributed by atoms with van der Waals surface area (Å²) in [6.07, 6.45) is 0.848. The zero-order chi connectivity index (χ0) is 15.4. The van der Waals surface area contributed by atoms with Crippen LogP contribution in [0.4, 0.5) is 10.5 Å². The van der Waals surface area contributed by atoms with E-state index >= 15 is 0 Å². The number of carboxylic acid groups (broad SMARTS) is 1. The van der Waals surface area contributed by atoms with Crippen LogP contribution in [-0.4, -0.2) is 46.3 Å². The van der Waals surface area contributed by atoms with Gasteiger partial charge in [0.05, 0.1) is 19.1 Å². The van der Waals surface area contributed by atoms with Gasteiger partial charge in [0.25, 0.3) is 0 Å². The molecule has 6 nitrogen and oxygen atoms in total. The number of anilines is 1. The van der Waals surface area contributed by atoms with Gasteiger partial charge in [-0.25, -0.2) is 4.79 Å². The molecule has 114 valence electrons. The third kappa shape index (κ3) is 3.72. The van der Waals surface area contributed by atoms with Crippen molar-refractivity contribution in [2.75, 3.05) is 18.5 Å². The number of carboxylic acids is 1. The highest BCUT2D eigenvalue weighted by Crippen LogP contribution is 2.24. The molecule has 2 atom stereocenters. The molecule has 0 aromatic heterocycles. The van der Waals surface area contributed by atoms with Crippen LogP contribution in [0.2, 0.25) is 0 Å². The molecular formula is C15H20N2O4. The lowest BCUT2D eigenvalue weighted by Gasteiger charge is -2.25. The molecule has 2 rings (SSSR count). The van der Waals surface area contributed by atoms with Crippen molar-refractivity contribution in [2.45, 2.75) is 25.8 Å². The lowest BCUT2D eigenvalue weighted by Crippen LogP contribution is -2.42. The first-order chi connectivity index (χ1) is 10.0. The molecule has 1 saturated heterocycles. The SMILES string of the molecule is CC1CCN(C(=O)Nc2ccc(CC(=O)O)cc2)C1CO. The van der Waals surface area contributed by atoms with Gasteiger partial charge in [0, 0.05) is 12.2 Å². The molecule has 0 bridgehead atoms. The number of nitrogens with one attached hydrogen (secondary N) is 1. The number of hydrogen-bond donors (Lipinski definition) is 3. The van der Waals surface area contributed by atoms with Gasteiger partial charge in [0.1, 0.15) is 0 Å². The number of amides is 2. The number of benzene rings is 1. The van der Waals surface area contributed by atoms with Crippen LogP contribution >= 0.6 is 0 Å². The van der Waals surface area contributed by atoms with Gasteiger partial charge in [-0.1, -0.05) is 19.1 Å². The first-order valence-electron chi connectivity index (χ1n) is 7.00. The van der Waals surface area contributed by atoms with Gasteiger partial charge in [-0.15, -0.1) is 0 Å². The molecule has 6 heteroatoms. The lowest BCUT2D eigenvalue weighted by atomic mass is 10.0. The third-order valence-corrected chi connectivity index (χ3v) is 3.89. The molecule has 1 aliphatic heterocycles. The summed E-state index contributed by atoms with van der Waals surface area (Å²) in [5, 5.41) is 20.8. The molecule has 0 aliphatic carbocycles. The zero-order valence-corrected chi connectivity index (χ0v) is 12.0. The van der Waals surface area contributed by atoms with Crippen molar-refractivity contribution in [1.82, 2.24) is 4.90 Å². The van der Waals surface area contributed by atoms with Crippen LogP contribution in [0.5, 0.6) is 0 Å². The summed E-state index contributed by atoms with van der Waals surface area (Å²) in [4.78, 5) is 24.5. The van der Waals surface area contributed by atoms with E-state index in [4.69, 9.17) is 5.11 Å². The Morgan fingerprint density at radius 1 is 1.33 bits per heavy atom. The van der Waals surface area contributed by atoms with Crippen molar-refractivity contribution in [3.63, 3.8) is 0 Å². The van der Waals surface area contributed by atoms with Crippen molar-refractivity contribution in [3.05, 3.63) is 29.8 Å². The Kier molecular flexibility index (Phi) is 4.80. The van der Waals surface area contributed by atoms with Crippen LogP contribution in [0.25, 0.3) is 0 Å². The molecule has 1 aromatic rings. The van der Waals surface area contributed by atoms with Gasteiger partial charge in [-0.05, 0) is 30.0 Å². The highest BCUT2D eigenvalue weighted by atomic mass is 16.4. The van der Waals surface area contributed by atoms with Gasteiger partial charge in [0.2, 0.25) is 0 Å². The molecule has 1 heterocycles. The van der Waals surface area contributed by atoms with Crippen LogP contribution in [-0.2, 0) is 11.2 Å². The molecule has 3 N–H and O–H groups in total. The highest BCUT2D eigenvalue weighted by Gasteiger charge is 2.33. The Bertz CT molecular complexity index is 515. The summed E-state index contributed by atoms with van der Waals surface area (Å²) < 4.78 is 0. The molecule has 21 heavy (non-hydrogen) atoms. The summed E-state index contributed by atoms with van der Waals surface area (Å²) >= 11 is 0. The molecule has 0 saturated carbocycles. The minimum Gasteiger partial charge on any atom is -0.481 e. The molecule has 1 fully saturated rings. The average Bonchev–Trinajstić information content (AvgIpc) is 2.81. The van der Waals surface area contributed by atoms with E-state index < -0.39 is 5.97 Å². The molecule has 1 aromatic carbocycles. The molecular weight excluding hydrogens is 272 g/mol. The Labute approximate surface area is 123 Å². The largest absolute Gasteiger partial charge is 0.481 e. The number of aliphatic carboxylic acids is 1.